The largest absolute Gasteiger partial charge is 0.465 e. The summed E-state index contributed by atoms with van der Waals surface area (Å²) >= 11 is 0. The summed E-state index contributed by atoms with van der Waals surface area (Å²) in [5, 5.41) is 23.8. The molecule has 10 heteroatoms. The fourth-order valence-corrected chi connectivity index (χ4v) is 5.27. The first kappa shape index (κ1) is 22.1. The SMILES string of the molecule is COC(=O)c1cnc2cc(Nc3cc(C)[nH]n3)nc(NC3C[C@H]4CC[C@@H](C3)N4CCC#N)c2c1. The first-order valence-electron chi connectivity index (χ1n) is 11.6. The van der Waals surface area contributed by atoms with Gasteiger partial charge in [0.15, 0.2) is 5.82 Å². The molecule has 10 nitrogen and oxygen atoms in total. The van der Waals surface area contributed by atoms with Gasteiger partial charge >= 0.3 is 5.97 Å². The molecule has 0 aromatic carbocycles. The van der Waals surface area contributed by atoms with Gasteiger partial charge in [-0.25, -0.2) is 9.78 Å². The van der Waals surface area contributed by atoms with Crippen molar-refractivity contribution in [2.45, 2.75) is 57.2 Å². The Bertz CT molecular complexity index is 1240. The minimum absolute atomic E-state index is 0.246. The normalized spacial score (nSPS) is 21.9. The lowest BCUT2D eigenvalue weighted by Crippen LogP contribution is -2.47. The summed E-state index contributed by atoms with van der Waals surface area (Å²) in [4.78, 5) is 24.0. The summed E-state index contributed by atoms with van der Waals surface area (Å²) in [6.45, 7) is 2.78. The van der Waals surface area contributed by atoms with E-state index in [1.54, 1.807) is 6.07 Å². The van der Waals surface area contributed by atoms with Gasteiger partial charge in [0.05, 0.1) is 24.3 Å². The maximum Gasteiger partial charge on any atom is 0.339 e. The van der Waals surface area contributed by atoms with E-state index in [0.29, 0.717) is 47.0 Å². The summed E-state index contributed by atoms with van der Waals surface area (Å²) in [7, 11) is 1.36. The molecule has 5 rings (SSSR count). The van der Waals surface area contributed by atoms with Gasteiger partial charge in [0.2, 0.25) is 0 Å². The molecule has 3 aromatic rings. The highest BCUT2D eigenvalue weighted by atomic mass is 16.5. The van der Waals surface area contributed by atoms with Crippen LogP contribution in [0.1, 0.15) is 48.2 Å². The van der Waals surface area contributed by atoms with Crippen molar-refractivity contribution in [3.63, 3.8) is 0 Å². The molecule has 2 aliphatic rings. The Labute approximate surface area is 197 Å². The van der Waals surface area contributed by atoms with Gasteiger partial charge in [-0.2, -0.15) is 10.4 Å². The van der Waals surface area contributed by atoms with Crippen molar-refractivity contribution in [1.29, 1.82) is 5.26 Å². The number of H-pyrrole nitrogens is 1. The molecule has 0 amide bonds. The number of anilines is 3. The summed E-state index contributed by atoms with van der Waals surface area (Å²) in [5.41, 5.74) is 2.05. The Hall–Kier alpha value is -3.71. The van der Waals surface area contributed by atoms with Gasteiger partial charge in [-0.05, 0) is 38.7 Å². The zero-order chi connectivity index (χ0) is 23.7. The number of piperidine rings is 1. The molecule has 0 radical (unpaired) electrons. The number of hydrogen-bond donors (Lipinski definition) is 3. The van der Waals surface area contributed by atoms with Crippen LogP contribution < -0.4 is 10.6 Å². The van der Waals surface area contributed by atoms with Crippen LogP contribution >= 0.6 is 0 Å². The van der Waals surface area contributed by atoms with Crippen molar-refractivity contribution in [2.24, 2.45) is 0 Å². The summed E-state index contributed by atoms with van der Waals surface area (Å²) in [6.07, 6.45) is 6.40. The lowest BCUT2D eigenvalue weighted by molar-refractivity contribution is 0.0600. The van der Waals surface area contributed by atoms with E-state index in [-0.39, 0.29) is 6.04 Å². The van der Waals surface area contributed by atoms with E-state index < -0.39 is 5.97 Å². The number of nitriles is 1. The Morgan fingerprint density at radius 2 is 2.06 bits per heavy atom. The average molecular weight is 461 g/mol. The fourth-order valence-electron chi connectivity index (χ4n) is 5.27. The Kier molecular flexibility index (Phi) is 6.02. The number of pyridine rings is 2. The molecule has 0 spiro atoms. The second kappa shape index (κ2) is 9.27. The first-order valence-corrected chi connectivity index (χ1v) is 11.6. The number of methoxy groups -OCH3 is 1. The van der Waals surface area contributed by atoms with Gasteiger partial charge in [-0.15, -0.1) is 0 Å². The van der Waals surface area contributed by atoms with E-state index in [1.807, 2.05) is 19.1 Å². The smallest absolute Gasteiger partial charge is 0.339 e. The lowest BCUT2D eigenvalue weighted by atomic mass is 9.97. The van der Waals surface area contributed by atoms with Crippen LogP contribution in [0, 0.1) is 18.3 Å². The van der Waals surface area contributed by atoms with E-state index in [4.69, 9.17) is 15.0 Å². The monoisotopic (exact) mass is 460 g/mol. The molecule has 3 aromatic heterocycles. The van der Waals surface area contributed by atoms with Crippen LogP contribution in [0.2, 0.25) is 0 Å². The molecule has 1 unspecified atom stereocenters. The predicted octanol–water partition coefficient (Wildman–Crippen LogP) is 3.51. The van der Waals surface area contributed by atoms with Gasteiger partial charge in [0.25, 0.3) is 0 Å². The molecule has 0 aliphatic carbocycles. The van der Waals surface area contributed by atoms with Gasteiger partial charge in [0.1, 0.15) is 11.6 Å². The van der Waals surface area contributed by atoms with Crippen LogP contribution in [-0.4, -0.2) is 62.8 Å². The van der Waals surface area contributed by atoms with Crippen molar-refractivity contribution >= 4 is 34.3 Å². The van der Waals surface area contributed by atoms with Crippen LogP contribution in [0.3, 0.4) is 0 Å². The quantitative estimate of drug-likeness (QED) is 0.453. The van der Waals surface area contributed by atoms with Crippen LogP contribution in [0.4, 0.5) is 17.5 Å². The zero-order valence-electron chi connectivity index (χ0n) is 19.3. The molecule has 2 fully saturated rings. The summed E-state index contributed by atoms with van der Waals surface area (Å²) in [6, 6.07) is 9.01. The molecule has 3 atom stereocenters. The number of nitrogens with zero attached hydrogens (tertiary/aromatic N) is 5. The standard InChI is InChI=1S/C24H28N8O2/c1-14-8-22(31-30-14)28-21-12-20-19(9-15(13-26-20)24(33)34-2)23(29-21)27-16-10-17-4-5-18(11-16)32(17)7-3-6-25/h8-9,12-13,16-18H,3-5,7,10-11H2,1-2H3,(H3,27,28,29,30,31)/t16?,17-,18+. The third kappa shape index (κ3) is 4.39. The van der Waals surface area contributed by atoms with E-state index >= 15 is 0 Å². The van der Waals surface area contributed by atoms with E-state index in [1.165, 1.54) is 13.3 Å². The predicted molar refractivity (Wildman–Crippen MR) is 128 cm³/mol. The first-order chi connectivity index (χ1) is 16.5. The molecule has 0 saturated carbocycles. The van der Waals surface area contributed by atoms with Gasteiger partial charge < -0.3 is 15.4 Å². The molecule has 2 bridgehead atoms. The number of aromatic amines is 1. The average Bonchev–Trinajstić information content (AvgIpc) is 3.35. The second-order valence-electron chi connectivity index (χ2n) is 9.04. The molecular formula is C24H28N8O2. The minimum atomic E-state index is -0.432. The summed E-state index contributed by atoms with van der Waals surface area (Å²) in [5.74, 6) is 1.54. The molecule has 34 heavy (non-hydrogen) atoms. The van der Waals surface area contributed by atoms with Crippen molar-refractivity contribution < 1.29 is 9.53 Å². The van der Waals surface area contributed by atoms with Gasteiger partial charge in [-0.3, -0.25) is 15.0 Å². The van der Waals surface area contributed by atoms with E-state index in [9.17, 15) is 4.79 Å². The fraction of sp³-hybridized carbons (Fsp3) is 0.458. The van der Waals surface area contributed by atoms with Gasteiger partial charge in [0, 0.05) is 60.5 Å². The van der Waals surface area contributed by atoms with Crippen LogP contribution in [0.15, 0.2) is 24.4 Å². The number of aromatic nitrogens is 4. The number of aryl methyl sites for hydroxylation is 1. The maximum atomic E-state index is 12.1. The molecule has 176 valence electrons. The van der Waals surface area contributed by atoms with E-state index in [2.05, 4.69) is 36.8 Å². The molecule has 2 saturated heterocycles. The third-order valence-corrected chi connectivity index (χ3v) is 6.77. The van der Waals surface area contributed by atoms with Crippen molar-refractivity contribution in [1.82, 2.24) is 25.1 Å². The summed E-state index contributed by atoms with van der Waals surface area (Å²) < 4.78 is 4.89. The van der Waals surface area contributed by atoms with Crippen molar-refractivity contribution in [3.8, 4) is 6.07 Å². The van der Waals surface area contributed by atoms with Crippen LogP contribution in [0.25, 0.3) is 10.9 Å². The Morgan fingerprint density at radius 3 is 2.74 bits per heavy atom. The third-order valence-electron chi connectivity index (χ3n) is 6.77. The number of carbonyl (C=O) groups is 1. The number of nitrogens with one attached hydrogen (secondary N) is 3. The number of rotatable bonds is 7. The highest BCUT2D eigenvalue weighted by Crippen LogP contribution is 2.37. The van der Waals surface area contributed by atoms with Crippen molar-refractivity contribution in [2.75, 3.05) is 24.3 Å². The van der Waals surface area contributed by atoms with Gasteiger partial charge in [-0.1, -0.05) is 0 Å². The number of hydrogen-bond acceptors (Lipinski definition) is 9. The van der Waals surface area contributed by atoms with Crippen LogP contribution in [-0.2, 0) is 4.74 Å². The number of ether oxygens (including phenoxy) is 1. The number of carbonyl (C=O) groups excluding carboxylic acids is 1. The van der Waals surface area contributed by atoms with Crippen LogP contribution in [0.5, 0.6) is 0 Å². The van der Waals surface area contributed by atoms with Crippen molar-refractivity contribution in [3.05, 3.63) is 35.7 Å². The maximum absolute atomic E-state index is 12.1. The second-order valence-corrected chi connectivity index (χ2v) is 9.04. The number of esters is 1. The molecule has 2 aliphatic heterocycles. The minimum Gasteiger partial charge on any atom is -0.465 e. The number of fused-ring (bicyclic) bond motifs is 3. The highest BCUT2D eigenvalue weighted by Gasteiger charge is 2.40. The molecule has 5 heterocycles. The molecule has 3 N–H and O–H groups in total. The lowest BCUT2D eigenvalue weighted by Gasteiger charge is -2.39. The molecular weight excluding hydrogens is 432 g/mol. The topological polar surface area (TPSA) is 132 Å². The highest BCUT2D eigenvalue weighted by molar-refractivity contribution is 5.98. The Balaban J connectivity index is 1.45. The zero-order valence-corrected chi connectivity index (χ0v) is 19.3. The van der Waals surface area contributed by atoms with E-state index in [0.717, 1.165) is 43.3 Å². The Morgan fingerprint density at radius 1 is 1.26 bits per heavy atom.